The van der Waals surface area contributed by atoms with Crippen molar-refractivity contribution in [3.8, 4) is 0 Å². The van der Waals surface area contributed by atoms with Gasteiger partial charge in [0.25, 0.3) is 0 Å². The minimum atomic E-state index is -1.24. The molecule has 8 heteroatoms. The molecular formula is C26H36N2O5Si. The number of hydrogen-bond donors (Lipinski definition) is 0. The third kappa shape index (κ3) is 7.81. The predicted molar refractivity (Wildman–Crippen MR) is 138 cm³/mol. The quantitative estimate of drug-likeness (QED) is 0.108. The molecule has 0 N–H and O–H groups in total. The van der Waals surface area contributed by atoms with Crippen LogP contribution in [-0.2, 0) is 19.1 Å². The molecule has 0 saturated heterocycles. The lowest BCUT2D eigenvalue weighted by molar-refractivity contribution is -0.120. The van der Waals surface area contributed by atoms with E-state index in [0.717, 1.165) is 11.4 Å². The fourth-order valence-electron chi connectivity index (χ4n) is 3.14. The fourth-order valence-corrected chi connectivity index (χ4v) is 3.90. The zero-order valence-corrected chi connectivity index (χ0v) is 22.3. The molecule has 1 heterocycles. The largest absolute Gasteiger partial charge is 0.443 e. The molecule has 2 aromatic rings. The number of ether oxygens (including phenoxy) is 2. The van der Waals surface area contributed by atoms with Gasteiger partial charge in [0.15, 0.2) is 6.29 Å². The maximum absolute atomic E-state index is 12.9. The Morgan fingerprint density at radius 2 is 1.82 bits per heavy atom. The number of hydrogen-bond acceptors (Lipinski definition) is 5. The van der Waals surface area contributed by atoms with E-state index < -0.39 is 19.8 Å². The summed E-state index contributed by atoms with van der Waals surface area (Å²) in [5.74, 6) is 0. The maximum atomic E-state index is 12.9. The van der Waals surface area contributed by atoms with Gasteiger partial charge in [0.05, 0.1) is 11.2 Å². The second-order valence-electron chi connectivity index (χ2n) is 10.4. The first-order valence-electron chi connectivity index (χ1n) is 11.3. The second-order valence-corrected chi connectivity index (χ2v) is 16.0. The van der Waals surface area contributed by atoms with Crippen molar-refractivity contribution < 1.29 is 23.9 Å². The highest BCUT2D eigenvalue weighted by atomic mass is 28.3. The molecule has 184 valence electrons. The van der Waals surface area contributed by atoms with E-state index in [1.54, 1.807) is 19.1 Å². The standard InChI is InChI=1S/C26H36N2O5Si/c1-20(27(18-30)19-32-14-15-34(5,6)7)22(17-29)12-13-23-16-21-10-8-9-11-24(21)28(23)25(31)33-26(2,3)4/h8-13,16-18H,14-15,19H2,1-7H3/b13-12+,22-20+. The first kappa shape index (κ1) is 27.3. The molecule has 0 unspecified atom stereocenters. The van der Waals surface area contributed by atoms with E-state index in [-0.39, 0.29) is 6.73 Å². The van der Waals surface area contributed by atoms with Crippen LogP contribution in [0.4, 0.5) is 4.79 Å². The molecule has 0 aliphatic rings. The summed E-state index contributed by atoms with van der Waals surface area (Å²) in [5, 5.41) is 0.867. The molecular weight excluding hydrogens is 448 g/mol. The zero-order chi connectivity index (χ0) is 25.5. The van der Waals surface area contributed by atoms with Crippen LogP contribution in [-0.4, -0.2) is 55.3 Å². The summed E-state index contributed by atoms with van der Waals surface area (Å²) < 4.78 is 12.7. The Bertz CT molecular complexity index is 1090. The van der Waals surface area contributed by atoms with E-state index in [1.165, 1.54) is 9.47 Å². The minimum Gasteiger partial charge on any atom is -0.443 e. The number of benzene rings is 1. The SMILES string of the molecule is C/C(=C(C=O)/C=C/c1cc2ccccc2n1C(=O)OC(C)(C)C)N(C=O)COCC[Si](C)(C)C. The maximum Gasteiger partial charge on any atom is 0.419 e. The number of amides is 1. The third-order valence-corrected chi connectivity index (χ3v) is 6.78. The topological polar surface area (TPSA) is 77.8 Å². The smallest absolute Gasteiger partial charge is 0.419 e. The van der Waals surface area contributed by atoms with Gasteiger partial charge in [0.1, 0.15) is 12.3 Å². The van der Waals surface area contributed by atoms with Crippen molar-refractivity contribution in [3.05, 3.63) is 53.4 Å². The van der Waals surface area contributed by atoms with Crippen molar-refractivity contribution in [2.24, 2.45) is 0 Å². The van der Waals surface area contributed by atoms with E-state index in [9.17, 15) is 14.4 Å². The van der Waals surface area contributed by atoms with Crippen molar-refractivity contribution in [1.29, 1.82) is 0 Å². The van der Waals surface area contributed by atoms with Gasteiger partial charge in [-0.2, -0.15) is 0 Å². The van der Waals surface area contributed by atoms with Crippen LogP contribution in [0.1, 0.15) is 33.4 Å². The minimum absolute atomic E-state index is 0.0726. The van der Waals surface area contributed by atoms with Crippen LogP contribution in [0.15, 0.2) is 47.7 Å². The number of aldehydes is 1. The van der Waals surface area contributed by atoms with Gasteiger partial charge >= 0.3 is 6.09 Å². The number of para-hydroxylation sites is 1. The van der Waals surface area contributed by atoms with Crippen LogP contribution >= 0.6 is 0 Å². The first-order valence-corrected chi connectivity index (χ1v) is 15.0. The highest BCUT2D eigenvalue weighted by Gasteiger charge is 2.21. The van der Waals surface area contributed by atoms with E-state index in [0.29, 0.717) is 41.8 Å². The second kappa shape index (κ2) is 11.4. The van der Waals surface area contributed by atoms with Crippen LogP contribution in [0, 0.1) is 0 Å². The molecule has 0 radical (unpaired) electrons. The molecule has 0 atom stereocenters. The lowest BCUT2D eigenvalue weighted by Gasteiger charge is -2.21. The molecule has 0 fully saturated rings. The van der Waals surface area contributed by atoms with Gasteiger partial charge in [-0.05, 0) is 58.0 Å². The number of allylic oxidation sites excluding steroid dienone is 3. The van der Waals surface area contributed by atoms with Crippen LogP contribution in [0.2, 0.25) is 25.7 Å². The van der Waals surface area contributed by atoms with E-state index in [4.69, 9.17) is 9.47 Å². The molecule has 0 saturated carbocycles. The first-order chi connectivity index (χ1) is 15.9. The van der Waals surface area contributed by atoms with Gasteiger partial charge in [-0.15, -0.1) is 0 Å². The Morgan fingerprint density at radius 3 is 2.41 bits per heavy atom. The highest BCUT2D eigenvalue weighted by Crippen LogP contribution is 2.23. The van der Waals surface area contributed by atoms with E-state index in [2.05, 4.69) is 19.6 Å². The van der Waals surface area contributed by atoms with Crippen LogP contribution in [0.25, 0.3) is 17.0 Å². The van der Waals surface area contributed by atoms with Gasteiger partial charge in [0, 0.05) is 31.3 Å². The monoisotopic (exact) mass is 484 g/mol. The average molecular weight is 485 g/mol. The summed E-state index contributed by atoms with van der Waals surface area (Å²) in [4.78, 5) is 37.8. The van der Waals surface area contributed by atoms with Gasteiger partial charge < -0.3 is 9.47 Å². The molecule has 1 amide bonds. The van der Waals surface area contributed by atoms with Crippen LogP contribution < -0.4 is 0 Å². The van der Waals surface area contributed by atoms with Crippen molar-refractivity contribution in [3.63, 3.8) is 0 Å². The molecule has 2 rings (SSSR count). The van der Waals surface area contributed by atoms with Crippen molar-refractivity contribution in [1.82, 2.24) is 9.47 Å². The van der Waals surface area contributed by atoms with E-state index in [1.807, 2.05) is 51.1 Å². The summed E-state index contributed by atoms with van der Waals surface area (Å²) in [6.45, 7) is 14.5. The van der Waals surface area contributed by atoms with Crippen molar-refractivity contribution in [2.75, 3.05) is 13.3 Å². The summed E-state index contributed by atoms with van der Waals surface area (Å²) in [7, 11) is -1.24. The van der Waals surface area contributed by atoms with Crippen LogP contribution in [0.5, 0.6) is 0 Å². The molecule has 0 aliphatic heterocycles. The molecule has 1 aromatic heterocycles. The Morgan fingerprint density at radius 1 is 1.15 bits per heavy atom. The van der Waals surface area contributed by atoms with Gasteiger partial charge in [0.2, 0.25) is 6.41 Å². The summed E-state index contributed by atoms with van der Waals surface area (Å²) in [6, 6.07) is 10.3. The molecule has 0 aliphatic carbocycles. The lowest BCUT2D eigenvalue weighted by atomic mass is 10.2. The third-order valence-electron chi connectivity index (χ3n) is 5.08. The summed E-state index contributed by atoms with van der Waals surface area (Å²) in [6.07, 6.45) is 4.10. The summed E-state index contributed by atoms with van der Waals surface area (Å²) >= 11 is 0. The Balaban J connectivity index is 2.33. The van der Waals surface area contributed by atoms with E-state index >= 15 is 0 Å². The summed E-state index contributed by atoms with van der Waals surface area (Å²) in [5.41, 5.74) is 1.38. The zero-order valence-electron chi connectivity index (χ0n) is 21.3. The normalized spacial score (nSPS) is 13.1. The number of rotatable bonds is 10. The number of carbonyl (C=O) groups excluding carboxylic acids is 3. The number of fused-ring (bicyclic) bond motifs is 1. The Labute approximate surface area is 203 Å². The Kier molecular flexibility index (Phi) is 9.18. The number of nitrogens with zero attached hydrogens (tertiary/aromatic N) is 2. The van der Waals surface area contributed by atoms with Crippen molar-refractivity contribution in [2.45, 2.75) is 59.0 Å². The number of carbonyl (C=O) groups is 3. The molecule has 0 spiro atoms. The van der Waals surface area contributed by atoms with Gasteiger partial charge in [-0.3, -0.25) is 14.5 Å². The highest BCUT2D eigenvalue weighted by molar-refractivity contribution is 6.76. The molecule has 1 aromatic carbocycles. The molecule has 34 heavy (non-hydrogen) atoms. The van der Waals surface area contributed by atoms with Crippen molar-refractivity contribution >= 4 is 43.8 Å². The fraction of sp³-hybridized carbons (Fsp3) is 0.423. The average Bonchev–Trinajstić information content (AvgIpc) is 3.10. The lowest BCUT2D eigenvalue weighted by Crippen LogP contribution is -2.27. The van der Waals surface area contributed by atoms with Gasteiger partial charge in [-0.25, -0.2) is 9.36 Å². The number of aromatic nitrogens is 1. The Hall–Kier alpha value is -2.97. The van der Waals surface area contributed by atoms with Gasteiger partial charge in [-0.1, -0.05) is 37.8 Å². The molecule has 0 bridgehead atoms. The molecule has 7 nitrogen and oxygen atoms in total. The van der Waals surface area contributed by atoms with Crippen LogP contribution in [0.3, 0.4) is 0 Å². The predicted octanol–water partition coefficient (Wildman–Crippen LogP) is 5.68.